The van der Waals surface area contributed by atoms with Crippen LogP contribution >= 0.6 is 0 Å². The fraction of sp³-hybridized carbons (Fsp3) is 0.304. The van der Waals surface area contributed by atoms with Crippen molar-refractivity contribution in [3.05, 3.63) is 89.9 Å². The number of benzene rings is 2. The normalized spacial score (nSPS) is 20.9. The fourth-order valence-electron chi connectivity index (χ4n) is 3.83. The Morgan fingerprint density at radius 2 is 1.81 bits per heavy atom. The first-order valence-electron chi connectivity index (χ1n) is 9.39. The predicted octanol–water partition coefficient (Wildman–Crippen LogP) is 4.45. The zero-order valence-electron chi connectivity index (χ0n) is 15.6. The average Bonchev–Trinajstić information content (AvgIpc) is 3.14. The largest absolute Gasteiger partial charge is 0.497 e. The van der Waals surface area contributed by atoms with Crippen LogP contribution in [0, 0.1) is 0 Å². The van der Waals surface area contributed by atoms with E-state index in [4.69, 9.17) is 13.9 Å². The second-order valence-electron chi connectivity index (χ2n) is 6.88. The van der Waals surface area contributed by atoms with Gasteiger partial charge in [-0.2, -0.15) is 0 Å². The third-order valence-corrected chi connectivity index (χ3v) is 5.27. The van der Waals surface area contributed by atoms with E-state index in [2.05, 4.69) is 41.3 Å². The van der Waals surface area contributed by atoms with E-state index in [1.54, 1.807) is 13.4 Å². The van der Waals surface area contributed by atoms with E-state index in [0.29, 0.717) is 6.61 Å². The van der Waals surface area contributed by atoms with Crippen LogP contribution in [-0.4, -0.2) is 31.7 Å². The van der Waals surface area contributed by atoms with Gasteiger partial charge >= 0.3 is 0 Å². The monoisotopic (exact) mass is 363 g/mol. The van der Waals surface area contributed by atoms with Crippen molar-refractivity contribution in [3.63, 3.8) is 0 Å². The highest BCUT2D eigenvalue weighted by Gasteiger charge is 2.37. The molecule has 1 aliphatic rings. The van der Waals surface area contributed by atoms with E-state index in [-0.39, 0.29) is 0 Å². The van der Waals surface area contributed by atoms with Crippen LogP contribution in [0.15, 0.2) is 77.4 Å². The molecule has 2 aromatic carbocycles. The molecule has 0 aliphatic carbocycles. The van der Waals surface area contributed by atoms with Crippen LogP contribution in [0.1, 0.15) is 23.3 Å². The number of rotatable bonds is 5. The molecule has 0 spiro atoms. The van der Waals surface area contributed by atoms with E-state index in [9.17, 15) is 0 Å². The number of hydrogen-bond acceptors (Lipinski definition) is 4. The van der Waals surface area contributed by atoms with Gasteiger partial charge in [0.15, 0.2) is 0 Å². The van der Waals surface area contributed by atoms with Crippen molar-refractivity contribution in [2.75, 3.05) is 26.8 Å². The Balaban J connectivity index is 1.66. The molecule has 4 nitrogen and oxygen atoms in total. The van der Waals surface area contributed by atoms with Crippen molar-refractivity contribution in [1.82, 2.24) is 4.90 Å². The SMILES string of the molecule is COc1cccc(C2(c3ccccc3)CCN(Cc3ccco3)CCO2)c1. The highest BCUT2D eigenvalue weighted by atomic mass is 16.5. The van der Waals surface area contributed by atoms with Crippen LogP contribution in [0.4, 0.5) is 0 Å². The maximum Gasteiger partial charge on any atom is 0.119 e. The lowest BCUT2D eigenvalue weighted by atomic mass is 9.83. The third kappa shape index (κ3) is 3.77. The molecule has 1 atom stereocenters. The smallest absolute Gasteiger partial charge is 0.119 e. The first kappa shape index (κ1) is 17.8. The minimum Gasteiger partial charge on any atom is -0.497 e. The Labute approximate surface area is 160 Å². The summed E-state index contributed by atoms with van der Waals surface area (Å²) in [7, 11) is 1.70. The lowest BCUT2D eigenvalue weighted by Gasteiger charge is -2.34. The quantitative estimate of drug-likeness (QED) is 0.671. The summed E-state index contributed by atoms with van der Waals surface area (Å²) in [6.07, 6.45) is 2.60. The summed E-state index contributed by atoms with van der Waals surface area (Å²) in [6.45, 7) is 3.26. The molecule has 0 N–H and O–H groups in total. The van der Waals surface area contributed by atoms with Gasteiger partial charge in [-0.1, -0.05) is 42.5 Å². The van der Waals surface area contributed by atoms with Crippen LogP contribution in [0.25, 0.3) is 0 Å². The van der Waals surface area contributed by atoms with Gasteiger partial charge in [0, 0.05) is 13.1 Å². The molecule has 4 heteroatoms. The van der Waals surface area contributed by atoms with E-state index in [1.165, 1.54) is 5.56 Å². The number of hydrogen-bond donors (Lipinski definition) is 0. The molecule has 0 amide bonds. The molecule has 1 aromatic heterocycles. The van der Waals surface area contributed by atoms with Crippen LogP contribution < -0.4 is 4.74 Å². The molecule has 27 heavy (non-hydrogen) atoms. The van der Waals surface area contributed by atoms with Crippen molar-refractivity contribution in [2.24, 2.45) is 0 Å². The molecule has 0 radical (unpaired) electrons. The maximum atomic E-state index is 6.58. The maximum absolute atomic E-state index is 6.58. The van der Waals surface area contributed by atoms with Gasteiger partial charge in [0.1, 0.15) is 17.1 Å². The van der Waals surface area contributed by atoms with Crippen molar-refractivity contribution in [3.8, 4) is 5.75 Å². The summed E-state index contributed by atoms with van der Waals surface area (Å²) < 4.78 is 17.6. The molecule has 1 unspecified atom stereocenters. The van der Waals surface area contributed by atoms with E-state index in [1.807, 2.05) is 30.3 Å². The zero-order chi connectivity index (χ0) is 18.5. The van der Waals surface area contributed by atoms with Crippen molar-refractivity contribution in [2.45, 2.75) is 18.6 Å². The first-order chi connectivity index (χ1) is 13.3. The van der Waals surface area contributed by atoms with Crippen LogP contribution in [-0.2, 0) is 16.9 Å². The van der Waals surface area contributed by atoms with E-state index >= 15 is 0 Å². The molecular weight excluding hydrogens is 338 g/mol. The Hall–Kier alpha value is -2.56. The lowest BCUT2D eigenvalue weighted by Crippen LogP contribution is -2.32. The van der Waals surface area contributed by atoms with Gasteiger partial charge in [0.2, 0.25) is 0 Å². The van der Waals surface area contributed by atoms with Crippen LogP contribution in [0.5, 0.6) is 5.75 Å². The van der Waals surface area contributed by atoms with Gasteiger partial charge < -0.3 is 13.9 Å². The van der Waals surface area contributed by atoms with Gasteiger partial charge in [0.05, 0.1) is 26.5 Å². The topological polar surface area (TPSA) is 34.8 Å². The van der Waals surface area contributed by atoms with Gasteiger partial charge in [-0.25, -0.2) is 0 Å². The van der Waals surface area contributed by atoms with Gasteiger partial charge in [0.25, 0.3) is 0 Å². The molecular formula is C23H25NO3. The summed E-state index contributed by atoms with van der Waals surface area (Å²) in [4.78, 5) is 2.39. The highest BCUT2D eigenvalue weighted by molar-refractivity contribution is 5.40. The second-order valence-corrected chi connectivity index (χ2v) is 6.88. The summed E-state index contributed by atoms with van der Waals surface area (Å²) >= 11 is 0. The van der Waals surface area contributed by atoms with Gasteiger partial charge in [-0.15, -0.1) is 0 Å². The molecule has 0 saturated carbocycles. The Kier molecular flexibility index (Phi) is 5.28. The molecule has 3 aromatic rings. The molecule has 4 rings (SSSR count). The summed E-state index contributed by atoms with van der Waals surface area (Å²) in [5, 5.41) is 0. The second kappa shape index (κ2) is 7.99. The predicted molar refractivity (Wildman–Crippen MR) is 105 cm³/mol. The first-order valence-corrected chi connectivity index (χ1v) is 9.39. The number of methoxy groups -OCH3 is 1. The Bertz CT molecular complexity index is 847. The number of nitrogens with zero attached hydrogens (tertiary/aromatic N) is 1. The van der Waals surface area contributed by atoms with Gasteiger partial charge in [-0.3, -0.25) is 4.90 Å². The lowest BCUT2D eigenvalue weighted by molar-refractivity contribution is -0.0103. The van der Waals surface area contributed by atoms with Crippen LogP contribution in [0.3, 0.4) is 0 Å². The average molecular weight is 363 g/mol. The fourth-order valence-corrected chi connectivity index (χ4v) is 3.83. The van der Waals surface area contributed by atoms with Crippen molar-refractivity contribution in [1.29, 1.82) is 0 Å². The van der Waals surface area contributed by atoms with Crippen LogP contribution in [0.2, 0.25) is 0 Å². The standard InChI is InChI=1S/C23H25NO3/c1-25-21-10-5-9-20(17-21)23(19-7-3-2-4-8-19)12-13-24(14-16-27-23)18-22-11-6-15-26-22/h2-11,15,17H,12-14,16,18H2,1H3. The van der Waals surface area contributed by atoms with Gasteiger partial charge in [-0.05, 0) is 41.8 Å². The zero-order valence-corrected chi connectivity index (χ0v) is 15.6. The van der Waals surface area contributed by atoms with E-state index < -0.39 is 5.60 Å². The number of furan rings is 1. The minimum absolute atomic E-state index is 0.478. The Morgan fingerprint density at radius 1 is 0.963 bits per heavy atom. The summed E-state index contributed by atoms with van der Waals surface area (Å²) in [6, 6.07) is 22.7. The molecule has 2 heterocycles. The molecule has 1 aliphatic heterocycles. The molecule has 140 valence electrons. The van der Waals surface area contributed by atoms with Crippen molar-refractivity contribution >= 4 is 0 Å². The molecule has 1 saturated heterocycles. The Morgan fingerprint density at radius 3 is 2.59 bits per heavy atom. The molecule has 1 fully saturated rings. The summed E-state index contributed by atoms with van der Waals surface area (Å²) in [5.74, 6) is 1.84. The van der Waals surface area contributed by atoms with Crippen molar-refractivity contribution < 1.29 is 13.9 Å². The third-order valence-electron chi connectivity index (χ3n) is 5.27. The minimum atomic E-state index is -0.478. The molecule has 0 bridgehead atoms. The highest BCUT2D eigenvalue weighted by Crippen LogP contribution is 2.39. The van der Waals surface area contributed by atoms with E-state index in [0.717, 1.165) is 43.1 Å². The number of ether oxygens (including phenoxy) is 2. The summed E-state index contributed by atoms with van der Waals surface area (Å²) in [5.41, 5.74) is 1.83.